The van der Waals surface area contributed by atoms with Gasteiger partial charge in [-0.1, -0.05) is 134 Å². The SMILES string of the molecule is COC(=O)[C@H](Cc1ccccc1)NC(=S)c1ccccc1-c1ccccc1C(=S)N[C@@H](Cc1ccccc1)C(=O)O. The summed E-state index contributed by atoms with van der Waals surface area (Å²) in [6.07, 6.45) is 0.678. The maximum atomic E-state index is 12.7. The molecule has 3 N–H and O–H groups in total. The first-order valence-electron chi connectivity index (χ1n) is 13.1. The maximum absolute atomic E-state index is 12.7. The second-order valence-electron chi connectivity index (χ2n) is 9.38. The number of carboxylic acid groups (broad SMARTS) is 1. The molecular formula is C33H30N2O4S2. The van der Waals surface area contributed by atoms with E-state index in [1.165, 1.54) is 7.11 Å². The number of carbonyl (C=O) groups is 2. The van der Waals surface area contributed by atoms with Crippen molar-refractivity contribution in [3.8, 4) is 11.1 Å². The first kappa shape index (κ1) is 29.6. The third kappa shape index (κ3) is 7.84. The van der Waals surface area contributed by atoms with Gasteiger partial charge in [-0.3, -0.25) is 0 Å². The molecule has 0 saturated heterocycles. The molecule has 0 fully saturated rings. The predicted octanol–water partition coefficient (Wildman–Crippen LogP) is 5.36. The number of nitrogens with one attached hydrogen (secondary N) is 2. The lowest BCUT2D eigenvalue weighted by atomic mass is 9.94. The highest BCUT2D eigenvalue weighted by molar-refractivity contribution is 7.81. The molecule has 0 radical (unpaired) electrons. The Bertz CT molecular complexity index is 1530. The summed E-state index contributed by atoms with van der Waals surface area (Å²) in [5.41, 5.74) is 4.82. The Balaban J connectivity index is 1.61. The highest BCUT2D eigenvalue weighted by atomic mass is 32.1. The van der Waals surface area contributed by atoms with Crippen LogP contribution in [0.15, 0.2) is 109 Å². The molecule has 6 nitrogen and oxygen atoms in total. The zero-order chi connectivity index (χ0) is 29.2. The Morgan fingerprint density at radius 3 is 1.49 bits per heavy atom. The summed E-state index contributed by atoms with van der Waals surface area (Å²) in [6, 6.07) is 32.5. The molecule has 0 spiro atoms. The van der Waals surface area contributed by atoms with Crippen molar-refractivity contribution in [2.45, 2.75) is 24.9 Å². The smallest absolute Gasteiger partial charge is 0.328 e. The molecule has 0 aromatic heterocycles. The number of hydrogen-bond donors (Lipinski definition) is 3. The van der Waals surface area contributed by atoms with Crippen molar-refractivity contribution in [3.05, 3.63) is 131 Å². The minimum atomic E-state index is -0.994. The van der Waals surface area contributed by atoms with E-state index < -0.39 is 24.0 Å². The van der Waals surface area contributed by atoms with Crippen LogP contribution < -0.4 is 10.6 Å². The maximum Gasteiger partial charge on any atom is 0.328 e. The number of carboxylic acids is 1. The number of ether oxygens (including phenoxy) is 1. The lowest BCUT2D eigenvalue weighted by molar-refractivity contribution is -0.142. The van der Waals surface area contributed by atoms with Gasteiger partial charge in [0.2, 0.25) is 0 Å². The average Bonchev–Trinajstić information content (AvgIpc) is 3.01. The van der Waals surface area contributed by atoms with E-state index in [0.29, 0.717) is 27.5 Å². The van der Waals surface area contributed by atoms with Crippen LogP contribution in [0.2, 0.25) is 0 Å². The minimum absolute atomic E-state index is 0.277. The summed E-state index contributed by atoms with van der Waals surface area (Å²) < 4.78 is 5.05. The standard InChI is InChI=1S/C33H30N2O4S2/c1-39-33(38)29(21-23-14-6-3-7-15-23)35-31(41)27-19-11-9-17-25(27)24-16-8-10-18-26(24)30(40)34-28(32(36)37)20-22-12-4-2-5-13-22/h2-19,28-29H,20-21H2,1H3,(H,34,40)(H,35,41)(H,36,37)/t28-,29-/m0/s1. The van der Waals surface area contributed by atoms with Gasteiger partial charge in [-0.25, -0.2) is 9.59 Å². The summed E-state index contributed by atoms with van der Waals surface area (Å²) in [6.45, 7) is 0. The number of benzene rings is 4. The lowest BCUT2D eigenvalue weighted by Gasteiger charge is -2.22. The fraction of sp³-hybridized carbons (Fsp3) is 0.152. The van der Waals surface area contributed by atoms with Crippen LogP contribution in [0.5, 0.6) is 0 Å². The first-order valence-corrected chi connectivity index (χ1v) is 13.9. The van der Waals surface area contributed by atoms with Crippen LogP contribution in [0.25, 0.3) is 11.1 Å². The van der Waals surface area contributed by atoms with Gasteiger partial charge >= 0.3 is 11.9 Å². The summed E-state index contributed by atoms with van der Waals surface area (Å²) in [7, 11) is 1.35. The predicted molar refractivity (Wildman–Crippen MR) is 169 cm³/mol. The summed E-state index contributed by atoms with van der Waals surface area (Å²) in [5, 5.41) is 16.1. The second-order valence-corrected chi connectivity index (χ2v) is 10.2. The van der Waals surface area contributed by atoms with E-state index in [1.807, 2.05) is 109 Å². The molecule has 0 unspecified atom stereocenters. The Morgan fingerprint density at radius 2 is 1.05 bits per heavy atom. The number of rotatable bonds is 11. The van der Waals surface area contributed by atoms with Gasteiger partial charge < -0.3 is 20.5 Å². The topological polar surface area (TPSA) is 87.7 Å². The normalized spacial score (nSPS) is 12.0. The average molecular weight is 583 g/mol. The molecule has 0 aliphatic carbocycles. The molecule has 0 aliphatic heterocycles. The van der Waals surface area contributed by atoms with E-state index >= 15 is 0 Å². The molecule has 0 amide bonds. The van der Waals surface area contributed by atoms with Gasteiger partial charge in [0.05, 0.1) is 7.11 Å². The third-order valence-corrected chi connectivity index (χ3v) is 7.27. The fourth-order valence-electron chi connectivity index (χ4n) is 4.54. The van der Waals surface area contributed by atoms with Crippen molar-refractivity contribution in [1.29, 1.82) is 0 Å². The summed E-state index contributed by atoms with van der Waals surface area (Å²) in [4.78, 5) is 25.4. The van der Waals surface area contributed by atoms with E-state index in [-0.39, 0.29) is 6.42 Å². The first-order chi connectivity index (χ1) is 19.9. The van der Waals surface area contributed by atoms with Gasteiger partial charge in [-0.2, -0.15) is 0 Å². The number of aliphatic carboxylic acids is 1. The van der Waals surface area contributed by atoms with E-state index in [0.717, 1.165) is 22.3 Å². The van der Waals surface area contributed by atoms with Crippen molar-refractivity contribution >= 4 is 46.4 Å². The van der Waals surface area contributed by atoms with E-state index in [2.05, 4.69) is 10.6 Å². The zero-order valence-electron chi connectivity index (χ0n) is 22.4. The van der Waals surface area contributed by atoms with Crippen molar-refractivity contribution in [1.82, 2.24) is 10.6 Å². The van der Waals surface area contributed by atoms with Gasteiger partial charge in [0.25, 0.3) is 0 Å². The van der Waals surface area contributed by atoms with Crippen LogP contribution in [-0.2, 0) is 27.2 Å². The third-order valence-electron chi connectivity index (χ3n) is 6.59. The zero-order valence-corrected chi connectivity index (χ0v) is 24.1. The molecule has 0 heterocycles. The highest BCUT2D eigenvalue weighted by Crippen LogP contribution is 2.28. The van der Waals surface area contributed by atoms with Crippen LogP contribution >= 0.6 is 24.4 Å². The number of methoxy groups -OCH3 is 1. The molecule has 4 aromatic rings. The molecule has 208 valence electrons. The molecule has 8 heteroatoms. The number of esters is 1. The van der Waals surface area contributed by atoms with Gasteiger partial charge in [0.1, 0.15) is 22.1 Å². The molecular weight excluding hydrogens is 553 g/mol. The van der Waals surface area contributed by atoms with Crippen LogP contribution in [0, 0.1) is 0 Å². The Labute approximate surface area is 250 Å². The molecule has 4 rings (SSSR count). The molecule has 0 bridgehead atoms. The van der Waals surface area contributed by atoms with Gasteiger partial charge in [-0.05, 0) is 22.3 Å². The van der Waals surface area contributed by atoms with Crippen LogP contribution in [-0.4, -0.2) is 46.2 Å². The highest BCUT2D eigenvalue weighted by Gasteiger charge is 2.24. The van der Waals surface area contributed by atoms with Crippen LogP contribution in [0.3, 0.4) is 0 Å². The van der Waals surface area contributed by atoms with Crippen molar-refractivity contribution in [2.24, 2.45) is 0 Å². The van der Waals surface area contributed by atoms with Crippen LogP contribution in [0.4, 0.5) is 0 Å². The van der Waals surface area contributed by atoms with Gasteiger partial charge in [0.15, 0.2) is 0 Å². The Hall–Kier alpha value is -4.40. The monoisotopic (exact) mass is 582 g/mol. The number of hydrogen-bond acceptors (Lipinski definition) is 5. The van der Waals surface area contributed by atoms with E-state index in [1.54, 1.807) is 0 Å². The van der Waals surface area contributed by atoms with Crippen molar-refractivity contribution in [2.75, 3.05) is 7.11 Å². The van der Waals surface area contributed by atoms with E-state index in [4.69, 9.17) is 29.2 Å². The molecule has 41 heavy (non-hydrogen) atoms. The summed E-state index contributed by atoms with van der Waals surface area (Å²) in [5.74, 6) is -1.41. The second kappa shape index (κ2) is 14.3. The number of thiocarbonyl (C=S) groups is 2. The Morgan fingerprint density at radius 1 is 0.659 bits per heavy atom. The Kier molecular flexibility index (Phi) is 10.3. The van der Waals surface area contributed by atoms with Gasteiger partial charge in [-0.15, -0.1) is 0 Å². The molecule has 4 aromatic carbocycles. The van der Waals surface area contributed by atoms with Crippen LogP contribution in [0.1, 0.15) is 22.3 Å². The largest absolute Gasteiger partial charge is 0.480 e. The van der Waals surface area contributed by atoms with Crippen molar-refractivity contribution < 1.29 is 19.4 Å². The van der Waals surface area contributed by atoms with Gasteiger partial charge in [0, 0.05) is 24.0 Å². The van der Waals surface area contributed by atoms with E-state index in [9.17, 15) is 14.7 Å². The summed E-state index contributed by atoms with van der Waals surface area (Å²) >= 11 is 11.5. The molecule has 2 atom stereocenters. The molecule has 0 aliphatic rings. The van der Waals surface area contributed by atoms with Crippen molar-refractivity contribution in [3.63, 3.8) is 0 Å². The number of carbonyl (C=O) groups excluding carboxylic acids is 1. The lowest BCUT2D eigenvalue weighted by Crippen LogP contribution is -2.43. The molecule has 0 saturated carbocycles. The minimum Gasteiger partial charge on any atom is -0.480 e. The fourth-order valence-corrected chi connectivity index (χ4v) is 5.18. The quantitative estimate of drug-likeness (QED) is 0.161.